The largest absolute Gasteiger partial charge is 0.330 e. The van der Waals surface area contributed by atoms with Gasteiger partial charge in [0.2, 0.25) is 0 Å². The van der Waals surface area contributed by atoms with E-state index in [4.69, 9.17) is 0 Å². The van der Waals surface area contributed by atoms with E-state index in [0.29, 0.717) is 0 Å². The van der Waals surface area contributed by atoms with E-state index in [1.165, 1.54) is 0 Å². The number of hydrogen-bond donors (Lipinski definition) is 3. The molecule has 1 aromatic carbocycles. The van der Waals surface area contributed by atoms with E-state index < -0.39 is 0 Å². The van der Waals surface area contributed by atoms with Crippen LogP contribution < -0.4 is 11.0 Å². The lowest BCUT2D eigenvalue weighted by atomic mass is 10.1. The Morgan fingerprint density at radius 1 is 1.32 bits per heavy atom. The third-order valence-electron chi connectivity index (χ3n) is 3.23. The summed E-state index contributed by atoms with van der Waals surface area (Å²) in [5.74, 6) is 0.972. The smallest absolute Gasteiger partial charge is 0.323 e. The van der Waals surface area contributed by atoms with Crippen molar-refractivity contribution in [2.75, 3.05) is 7.05 Å². The first-order valence-electron chi connectivity index (χ1n) is 6.06. The van der Waals surface area contributed by atoms with E-state index in [0.717, 1.165) is 34.7 Å². The van der Waals surface area contributed by atoms with Crippen molar-refractivity contribution in [1.29, 1.82) is 0 Å². The summed E-state index contributed by atoms with van der Waals surface area (Å²) >= 11 is 0. The molecule has 0 unspecified atom stereocenters. The maximum absolute atomic E-state index is 11.3. The molecule has 6 heteroatoms. The molecule has 0 spiro atoms. The van der Waals surface area contributed by atoms with Crippen molar-refractivity contribution in [2.24, 2.45) is 7.05 Å². The molecule has 0 atom stereocenters. The summed E-state index contributed by atoms with van der Waals surface area (Å²) in [6, 6.07) is 5.83. The summed E-state index contributed by atoms with van der Waals surface area (Å²) < 4.78 is 2.04. The highest BCUT2D eigenvalue weighted by molar-refractivity contribution is 5.80. The van der Waals surface area contributed by atoms with E-state index >= 15 is 0 Å². The summed E-state index contributed by atoms with van der Waals surface area (Å²) in [6.07, 6.45) is 1.85. The maximum Gasteiger partial charge on any atom is 0.323 e. The minimum Gasteiger partial charge on any atom is -0.330 e. The van der Waals surface area contributed by atoms with Gasteiger partial charge in [0, 0.05) is 12.6 Å². The molecule has 6 nitrogen and oxygen atoms in total. The first-order chi connectivity index (χ1) is 9.19. The Morgan fingerprint density at radius 3 is 2.89 bits per heavy atom. The molecule has 0 bridgehead atoms. The highest BCUT2D eigenvalue weighted by Crippen LogP contribution is 2.22. The van der Waals surface area contributed by atoms with Crippen LogP contribution in [-0.2, 0) is 13.6 Å². The number of nitrogens with zero attached hydrogens (tertiary/aromatic N) is 2. The average Bonchev–Trinajstić information content (AvgIpc) is 2.92. The van der Waals surface area contributed by atoms with Crippen molar-refractivity contribution < 1.29 is 0 Å². The number of aromatic nitrogens is 4. The van der Waals surface area contributed by atoms with Crippen LogP contribution in [0.5, 0.6) is 0 Å². The van der Waals surface area contributed by atoms with E-state index in [2.05, 4.69) is 20.3 Å². The molecule has 19 heavy (non-hydrogen) atoms. The van der Waals surface area contributed by atoms with Crippen LogP contribution in [0.15, 0.2) is 29.2 Å². The molecule has 3 aromatic rings. The van der Waals surface area contributed by atoms with Crippen LogP contribution in [0.4, 0.5) is 0 Å². The van der Waals surface area contributed by atoms with Crippen molar-refractivity contribution in [1.82, 2.24) is 24.8 Å². The van der Waals surface area contributed by atoms with Crippen molar-refractivity contribution in [2.45, 2.75) is 6.54 Å². The van der Waals surface area contributed by atoms with Crippen molar-refractivity contribution >= 4 is 11.0 Å². The molecule has 0 saturated heterocycles. The minimum atomic E-state index is -0.187. The Bertz CT molecular complexity index is 780. The summed E-state index contributed by atoms with van der Waals surface area (Å²) in [7, 11) is 3.88. The second-order valence-corrected chi connectivity index (χ2v) is 4.49. The lowest BCUT2D eigenvalue weighted by Crippen LogP contribution is -2.10. The fraction of sp³-hybridized carbons (Fsp3) is 0.231. The van der Waals surface area contributed by atoms with E-state index in [9.17, 15) is 4.79 Å². The fourth-order valence-electron chi connectivity index (χ4n) is 2.23. The SMILES string of the molecule is CNCc1ncc(-c2ccc3[nH]c(=O)[nH]c3c2)n1C. The van der Waals surface area contributed by atoms with Gasteiger partial charge in [0.15, 0.2) is 0 Å². The van der Waals surface area contributed by atoms with Crippen LogP contribution in [0.1, 0.15) is 5.82 Å². The Balaban J connectivity index is 2.10. The zero-order valence-electron chi connectivity index (χ0n) is 10.8. The molecule has 3 N–H and O–H groups in total. The molecule has 3 rings (SSSR count). The molecule has 0 radical (unpaired) electrons. The molecular formula is C13H15N5O. The summed E-state index contributed by atoms with van der Waals surface area (Å²) in [5, 5.41) is 3.09. The standard InChI is InChI=1S/C13H15N5O/c1-14-7-12-15-6-11(18(12)2)8-3-4-9-10(5-8)17-13(19)16-9/h3-6,14H,7H2,1-2H3,(H2,16,17,19). The zero-order valence-corrected chi connectivity index (χ0v) is 10.8. The number of nitrogens with one attached hydrogen (secondary N) is 3. The predicted octanol–water partition coefficient (Wildman–Crippen LogP) is 0.976. The van der Waals surface area contributed by atoms with Crippen LogP contribution in [0.25, 0.3) is 22.3 Å². The average molecular weight is 257 g/mol. The number of rotatable bonds is 3. The quantitative estimate of drug-likeness (QED) is 0.654. The van der Waals surface area contributed by atoms with Gasteiger partial charge >= 0.3 is 5.69 Å². The van der Waals surface area contributed by atoms with Gasteiger partial charge in [-0.1, -0.05) is 6.07 Å². The maximum atomic E-state index is 11.3. The molecule has 0 amide bonds. The molecule has 0 aliphatic rings. The Morgan fingerprint density at radius 2 is 2.11 bits per heavy atom. The topological polar surface area (TPSA) is 78.5 Å². The van der Waals surface area contributed by atoms with Crippen LogP contribution in [0.3, 0.4) is 0 Å². The Labute approximate surface area is 109 Å². The van der Waals surface area contributed by atoms with E-state index in [1.54, 1.807) is 0 Å². The van der Waals surface area contributed by atoms with Gasteiger partial charge in [0.1, 0.15) is 5.82 Å². The number of fused-ring (bicyclic) bond motifs is 1. The highest BCUT2D eigenvalue weighted by Gasteiger charge is 2.09. The molecule has 98 valence electrons. The van der Waals surface area contributed by atoms with Crippen LogP contribution in [-0.4, -0.2) is 26.6 Å². The van der Waals surface area contributed by atoms with Crippen molar-refractivity contribution in [3.63, 3.8) is 0 Å². The third kappa shape index (κ3) is 1.96. The monoisotopic (exact) mass is 257 g/mol. The minimum absolute atomic E-state index is 0.187. The Kier molecular flexibility index (Phi) is 2.72. The number of aromatic amines is 2. The van der Waals surface area contributed by atoms with Crippen LogP contribution in [0.2, 0.25) is 0 Å². The number of imidazole rings is 2. The fourth-order valence-corrected chi connectivity index (χ4v) is 2.23. The lowest BCUT2D eigenvalue weighted by molar-refractivity contribution is 0.712. The first kappa shape index (κ1) is 11.7. The zero-order chi connectivity index (χ0) is 13.4. The normalized spacial score (nSPS) is 11.3. The second-order valence-electron chi connectivity index (χ2n) is 4.49. The molecule has 2 heterocycles. The summed E-state index contributed by atoms with van der Waals surface area (Å²) in [4.78, 5) is 21.1. The van der Waals surface area contributed by atoms with Gasteiger partial charge < -0.3 is 19.9 Å². The van der Waals surface area contributed by atoms with Crippen LogP contribution >= 0.6 is 0 Å². The van der Waals surface area contributed by atoms with Crippen LogP contribution in [0, 0.1) is 0 Å². The molecule has 0 aliphatic heterocycles. The number of benzene rings is 1. The summed E-state index contributed by atoms with van der Waals surface area (Å²) in [5.41, 5.74) is 3.48. The first-order valence-corrected chi connectivity index (χ1v) is 6.06. The van der Waals surface area contributed by atoms with Gasteiger partial charge in [-0.25, -0.2) is 9.78 Å². The van der Waals surface area contributed by atoms with Gasteiger partial charge in [-0.15, -0.1) is 0 Å². The predicted molar refractivity (Wildman–Crippen MR) is 73.9 cm³/mol. The Hall–Kier alpha value is -2.34. The summed E-state index contributed by atoms with van der Waals surface area (Å²) in [6.45, 7) is 0.722. The van der Waals surface area contributed by atoms with E-state index in [1.807, 2.05) is 43.1 Å². The molecule has 2 aromatic heterocycles. The molecule has 0 fully saturated rings. The van der Waals surface area contributed by atoms with Crippen molar-refractivity contribution in [3.05, 3.63) is 40.7 Å². The third-order valence-corrected chi connectivity index (χ3v) is 3.23. The van der Waals surface area contributed by atoms with Gasteiger partial charge in [-0.3, -0.25) is 0 Å². The second kappa shape index (κ2) is 4.40. The van der Waals surface area contributed by atoms with Gasteiger partial charge in [0.25, 0.3) is 0 Å². The number of H-pyrrole nitrogens is 2. The molecular weight excluding hydrogens is 242 g/mol. The highest BCUT2D eigenvalue weighted by atomic mass is 16.1. The van der Waals surface area contributed by atoms with Gasteiger partial charge in [0.05, 0.1) is 29.5 Å². The van der Waals surface area contributed by atoms with Gasteiger partial charge in [-0.05, 0) is 19.2 Å². The molecule has 0 aliphatic carbocycles. The van der Waals surface area contributed by atoms with Crippen molar-refractivity contribution in [3.8, 4) is 11.3 Å². The van der Waals surface area contributed by atoms with Gasteiger partial charge in [-0.2, -0.15) is 0 Å². The number of hydrogen-bond acceptors (Lipinski definition) is 3. The van der Waals surface area contributed by atoms with E-state index in [-0.39, 0.29) is 5.69 Å². The lowest BCUT2D eigenvalue weighted by Gasteiger charge is -2.05. The molecule has 0 saturated carbocycles.